The summed E-state index contributed by atoms with van der Waals surface area (Å²) >= 11 is 0. The highest BCUT2D eigenvalue weighted by molar-refractivity contribution is 5.29. The first-order valence-corrected chi connectivity index (χ1v) is 7.29. The van der Waals surface area contributed by atoms with Gasteiger partial charge in [0.05, 0.1) is 13.2 Å². The second kappa shape index (κ2) is 8.87. The maximum atomic E-state index is 10.4. The standard InChI is InChI=1S/C17H19NO5/c19-17(12-18(20)21)15-7-4-8-16(11-15)23-10-9-22-13-14-5-2-1-3-6-14/h1-8,11,17,19H,9-10,12-13H2/t17-/m0/s1. The quantitative estimate of drug-likeness (QED) is 0.437. The van der Waals surface area contributed by atoms with Gasteiger partial charge < -0.3 is 14.6 Å². The Balaban J connectivity index is 1.74. The molecule has 0 fully saturated rings. The molecule has 0 unspecified atom stereocenters. The van der Waals surface area contributed by atoms with Crippen molar-refractivity contribution in [2.75, 3.05) is 19.8 Å². The predicted molar refractivity (Wildman–Crippen MR) is 84.9 cm³/mol. The molecule has 0 bridgehead atoms. The van der Waals surface area contributed by atoms with Crippen LogP contribution in [0.5, 0.6) is 5.75 Å². The number of ether oxygens (including phenoxy) is 2. The van der Waals surface area contributed by atoms with E-state index in [-0.39, 0.29) is 0 Å². The molecular formula is C17H19NO5. The smallest absolute Gasteiger partial charge is 0.233 e. The Kier molecular flexibility index (Phi) is 6.53. The molecule has 0 heterocycles. The van der Waals surface area contributed by atoms with Crippen LogP contribution in [-0.4, -0.2) is 29.8 Å². The fourth-order valence-corrected chi connectivity index (χ4v) is 2.04. The molecule has 23 heavy (non-hydrogen) atoms. The van der Waals surface area contributed by atoms with Gasteiger partial charge in [-0.05, 0) is 23.3 Å². The number of hydrogen-bond acceptors (Lipinski definition) is 5. The van der Waals surface area contributed by atoms with Crippen molar-refractivity contribution in [3.05, 3.63) is 75.8 Å². The average Bonchev–Trinajstić information content (AvgIpc) is 2.55. The van der Waals surface area contributed by atoms with Gasteiger partial charge >= 0.3 is 0 Å². The molecule has 6 nitrogen and oxygen atoms in total. The summed E-state index contributed by atoms with van der Waals surface area (Å²) in [5, 5.41) is 20.2. The zero-order valence-corrected chi connectivity index (χ0v) is 12.6. The third-order valence-electron chi connectivity index (χ3n) is 3.17. The van der Waals surface area contributed by atoms with Crippen LogP contribution in [0.4, 0.5) is 0 Å². The lowest BCUT2D eigenvalue weighted by Gasteiger charge is -2.10. The highest BCUT2D eigenvalue weighted by Crippen LogP contribution is 2.19. The highest BCUT2D eigenvalue weighted by Gasteiger charge is 2.14. The number of rotatable bonds is 9. The van der Waals surface area contributed by atoms with E-state index < -0.39 is 17.6 Å². The van der Waals surface area contributed by atoms with Crippen molar-refractivity contribution in [1.82, 2.24) is 0 Å². The van der Waals surface area contributed by atoms with Crippen LogP contribution in [0.15, 0.2) is 54.6 Å². The molecule has 0 aliphatic rings. The van der Waals surface area contributed by atoms with Gasteiger partial charge in [-0.1, -0.05) is 42.5 Å². The van der Waals surface area contributed by atoms with Crippen LogP contribution in [0, 0.1) is 10.1 Å². The maximum Gasteiger partial charge on any atom is 0.233 e. The van der Waals surface area contributed by atoms with Gasteiger partial charge in [0.25, 0.3) is 0 Å². The lowest BCUT2D eigenvalue weighted by atomic mass is 10.1. The van der Waals surface area contributed by atoms with Crippen molar-refractivity contribution in [1.29, 1.82) is 0 Å². The molecule has 0 saturated carbocycles. The monoisotopic (exact) mass is 317 g/mol. The molecule has 2 aromatic rings. The summed E-state index contributed by atoms with van der Waals surface area (Å²) in [5.41, 5.74) is 1.56. The Labute approximate surface area is 134 Å². The fourth-order valence-electron chi connectivity index (χ4n) is 2.04. The van der Waals surface area contributed by atoms with E-state index in [0.717, 1.165) is 5.56 Å². The van der Waals surface area contributed by atoms with Crippen LogP contribution in [0.2, 0.25) is 0 Å². The molecular weight excluding hydrogens is 298 g/mol. The van der Waals surface area contributed by atoms with Gasteiger partial charge in [-0.15, -0.1) is 0 Å². The molecule has 0 spiro atoms. The van der Waals surface area contributed by atoms with Gasteiger partial charge in [0.1, 0.15) is 18.5 Å². The van der Waals surface area contributed by atoms with Crippen LogP contribution in [0.3, 0.4) is 0 Å². The molecule has 1 atom stereocenters. The van der Waals surface area contributed by atoms with Gasteiger partial charge in [-0.2, -0.15) is 0 Å². The molecule has 2 rings (SSSR count). The summed E-state index contributed by atoms with van der Waals surface area (Å²) in [4.78, 5) is 9.88. The Morgan fingerprint density at radius 3 is 2.61 bits per heavy atom. The van der Waals surface area contributed by atoms with Gasteiger partial charge in [0.2, 0.25) is 6.54 Å². The molecule has 0 amide bonds. The molecule has 0 aliphatic carbocycles. The predicted octanol–water partition coefficient (Wildman–Crippen LogP) is 2.59. The number of hydrogen-bond donors (Lipinski definition) is 1. The summed E-state index contributed by atoms with van der Waals surface area (Å²) in [5.74, 6) is 0.549. The number of nitrogens with zero attached hydrogens (tertiary/aromatic N) is 1. The van der Waals surface area contributed by atoms with Gasteiger partial charge in [-0.3, -0.25) is 10.1 Å². The third-order valence-corrected chi connectivity index (χ3v) is 3.17. The van der Waals surface area contributed by atoms with Gasteiger partial charge in [0.15, 0.2) is 0 Å². The van der Waals surface area contributed by atoms with Crippen molar-refractivity contribution < 1.29 is 19.5 Å². The Bertz CT molecular complexity index is 617. The Morgan fingerprint density at radius 1 is 1.09 bits per heavy atom. The summed E-state index contributed by atoms with van der Waals surface area (Å²) in [6.07, 6.45) is -1.14. The largest absolute Gasteiger partial charge is 0.491 e. The number of aliphatic hydroxyl groups is 1. The van der Waals surface area contributed by atoms with Crippen molar-refractivity contribution in [3.8, 4) is 5.75 Å². The van der Waals surface area contributed by atoms with E-state index in [1.165, 1.54) is 0 Å². The topological polar surface area (TPSA) is 81.8 Å². The molecule has 0 radical (unpaired) electrons. The van der Waals surface area contributed by atoms with E-state index >= 15 is 0 Å². The SMILES string of the molecule is O=[N+]([O-])C[C@H](O)c1cccc(OCCOCc2ccccc2)c1. The number of benzene rings is 2. The van der Waals surface area contributed by atoms with Crippen molar-refractivity contribution in [3.63, 3.8) is 0 Å². The van der Waals surface area contributed by atoms with Gasteiger partial charge in [0, 0.05) is 4.92 Å². The first kappa shape index (κ1) is 16.9. The molecule has 1 N–H and O–H groups in total. The summed E-state index contributed by atoms with van der Waals surface area (Å²) < 4.78 is 11.0. The number of aliphatic hydroxyl groups excluding tert-OH is 1. The lowest BCUT2D eigenvalue weighted by Crippen LogP contribution is -2.12. The molecule has 0 saturated heterocycles. The van der Waals surface area contributed by atoms with Crippen LogP contribution in [0.25, 0.3) is 0 Å². The molecule has 6 heteroatoms. The number of nitro groups is 1. The van der Waals surface area contributed by atoms with E-state index in [0.29, 0.717) is 31.1 Å². The van der Waals surface area contributed by atoms with E-state index in [4.69, 9.17) is 9.47 Å². The Hall–Kier alpha value is -2.44. The summed E-state index contributed by atoms with van der Waals surface area (Å²) in [6.45, 7) is 0.785. The molecule has 122 valence electrons. The van der Waals surface area contributed by atoms with E-state index in [1.54, 1.807) is 24.3 Å². The zero-order valence-electron chi connectivity index (χ0n) is 12.6. The second-order valence-corrected chi connectivity index (χ2v) is 4.99. The second-order valence-electron chi connectivity index (χ2n) is 4.99. The average molecular weight is 317 g/mol. The third kappa shape index (κ3) is 6.06. The van der Waals surface area contributed by atoms with Crippen LogP contribution >= 0.6 is 0 Å². The summed E-state index contributed by atoms with van der Waals surface area (Å²) in [7, 11) is 0. The van der Waals surface area contributed by atoms with Crippen molar-refractivity contribution >= 4 is 0 Å². The highest BCUT2D eigenvalue weighted by atomic mass is 16.6. The van der Waals surface area contributed by atoms with E-state index in [9.17, 15) is 15.2 Å². The molecule has 0 aromatic heterocycles. The fraction of sp³-hybridized carbons (Fsp3) is 0.294. The van der Waals surface area contributed by atoms with Gasteiger partial charge in [-0.25, -0.2) is 0 Å². The zero-order chi connectivity index (χ0) is 16.5. The minimum absolute atomic E-state index is 0.363. The summed E-state index contributed by atoms with van der Waals surface area (Å²) in [6, 6.07) is 16.5. The molecule has 0 aliphatic heterocycles. The Morgan fingerprint density at radius 2 is 1.87 bits per heavy atom. The minimum Gasteiger partial charge on any atom is -0.491 e. The van der Waals surface area contributed by atoms with Crippen molar-refractivity contribution in [2.45, 2.75) is 12.7 Å². The maximum absolute atomic E-state index is 10.4. The first-order chi connectivity index (χ1) is 11.1. The molecule has 2 aromatic carbocycles. The lowest BCUT2D eigenvalue weighted by molar-refractivity contribution is -0.491. The van der Waals surface area contributed by atoms with E-state index in [1.807, 2.05) is 30.3 Å². The van der Waals surface area contributed by atoms with Crippen LogP contribution in [0.1, 0.15) is 17.2 Å². The van der Waals surface area contributed by atoms with Crippen LogP contribution < -0.4 is 4.74 Å². The minimum atomic E-state index is -1.14. The van der Waals surface area contributed by atoms with Crippen molar-refractivity contribution in [2.24, 2.45) is 0 Å². The normalized spacial score (nSPS) is 11.9. The van der Waals surface area contributed by atoms with Crippen LogP contribution in [-0.2, 0) is 11.3 Å². The first-order valence-electron chi connectivity index (χ1n) is 7.29. The van der Waals surface area contributed by atoms with E-state index in [2.05, 4.69) is 0 Å².